The number of cyclic esters (lactones) is 1. The molecule has 3 rings (SSSR count). The van der Waals surface area contributed by atoms with Gasteiger partial charge in [0.25, 0.3) is 0 Å². The van der Waals surface area contributed by atoms with E-state index in [0.29, 0.717) is 12.6 Å². The number of carbonyl (C=O) groups excluding carboxylic acids is 1. The van der Waals surface area contributed by atoms with Gasteiger partial charge >= 0.3 is 5.97 Å². The molecule has 2 aliphatic heterocycles. The van der Waals surface area contributed by atoms with Gasteiger partial charge in [-0.25, -0.2) is 9.67 Å². The summed E-state index contributed by atoms with van der Waals surface area (Å²) in [4.78, 5) is 15.9. The lowest BCUT2D eigenvalue weighted by Gasteiger charge is -2.25. The highest BCUT2D eigenvalue weighted by atomic mass is 16.5. The third kappa shape index (κ3) is 2.12. The van der Waals surface area contributed by atoms with Gasteiger partial charge in [-0.3, -0.25) is 10.1 Å². The summed E-state index contributed by atoms with van der Waals surface area (Å²) < 4.78 is 6.93. The molecule has 18 heavy (non-hydrogen) atoms. The summed E-state index contributed by atoms with van der Waals surface area (Å²) in [5.74, 6) is 1.86. The molecule has 1 fully saturated rings. The lowest BCUT2D eigenvalue weighted by atomic mass is 10.1. The van der Waals surface area contributed by atoms with Crippen molar-refractivity contribution >= 4 is 5.97 Å². The molecule has 1 aromatic heterocycles. The van der Waals surface area contributed by atoms with Crippen LogP contribution < -0.4 is 5.32 Å². The van der Waals surface area contributed by atoms with E-state index in [0.717, 1.165) is 43.9 Å². The molecular weight excluding hydrogens is 232 g/mol. The molecule has 0 aliphatic carbocycles. The maximum absolute atomic E-state index is 11.4. The minimum Gasteiger partial charge on any atom is -0.464 e. The van der Waals surface area contributed by atoms with E-state index in [1.807, 2.05) is 4.68 Å². The third-order valence-electron chi connectivity index (χ3n) is 3.59. The van der Waals surface area contributed by atoms with Gasteiger partial charge in [0.2, 0.25) is 0 Å². The third-order valence-corrected chi connectivity index (χ3v) is 3.59. The first-order chi connectivity index (χ1) is 8.76. The number of hydrogen-bond donors (Lipinski definition) is 1. The number of carbonyl (C=O) groups is 1. The molecule has 0 amide bonds. The van der Waals surface area contributed by atoms with Gasteiger partial charge in [0.15, 0.2) is 5.82 Å². The van der Waals surface area contributed by atoms with Crippen LogP contribution in [0.4, 0.5) is 0 Å². The number of esters is 1. The van der Waals surface area contributed by atoms with Gasteiger partial charge in [-0.15, -0.1) is 0 Å². The number of aryl methyl sites for hydroxylation is 2. The van der Waals surface area contributed by atoms with Crippen LogP contribution in [0.3, 0.4) is 0 Å². The molecular formula is C12H18N4O2. The molecule has 0 saturated carbocycles. The Kier molecular flexibility index (Phi) is 3.03. The Balaban J connectivity index is 1.65. The predicted octanol–water partition coefficient (Wildman–Crippen LogP) is 0.0604. The second-order valence-electron chi connectivity index (χ2n) is 4.89. The van der Waals surface area contributed by atoms with Gasteiger partial charge in [0.1, 0.15) is 11.9 Å². The van der Waals surface area contributed by atoms with E-state index in [2.05, 4.69) is 22.3 Å². The average Bonchev–Trinajstić information content (AvgIpc) is 2.95. The van der Waals surface area contributed by atoms with Crippen LogP contribution in [0.25, 0.3) is 0 Å². The van der Waals surface area contributed by atoms with Crippen molar-refractivity contribution in [1.82, 2.24) is 20.1 Å². The minimum atomic E-state index is -0.134. The fourth-order valence-corrected chi connectivity index (χ4v) is 2.58. The highest BCUT2D eigenvalue weighted by Crippen LogP contribution is 2.16. The van der Waals surface area contributed by atoms with Crippen molar-refractivity contribution in [3.63, 3.8) is 0 Å². The second kappa shape index (κ2) is 4.68. The Hall–Kier alpha value is -1.43. The maximum Gasteiger partial charge on any atom is 0.323 e. The highest BCUT2D eigenvalue weighted by Gasteiger charge is 2.30. The summed E-state index contributed by atoms with van der Waals surface area (Å²) in [5, 5.41) is 7.84. The molecule has 98 valence electrons. The number of fused-ring (bicyclic) bond motifs is 1. The molecule has 0 radical (unpaired) electrons. The van der Waals surface area contributed by atoms with Crippen molar-refractivity contribution in [2.24, 2.45) is 0 Å². The summed E-state index contributed by atoms with van der Waals surface area (Å²) in [6.07, 6.45) is 3.57. The van der Waals surface area contributed by atoms with Crippen LogP contribution in [0.5, 0.6) is 0 Å². The number of ether oxygens (including phenoxy) is 1. The van der Waals surface area contributed by atoms with E-state index in [4.69, 9.17) is 4.74 Å². The largest absolute Gasteiger partial charge is 0.464 e. The molecule has 2 aliphatic rings. The Bertz CT molecular complexity index is 457. The van der Waals surface area contributed by atoms with Crippen LogP contribution in [0, 0.1) is 0 Å². The highest BCUT2D eigenvalue weighted by molar-refractivity contribution is 5.77. The zero-order valence-corrected chi connectivity index (χ0v) is 10.6. The molecule has 1 saturated heterocycles. The fourth-order valence-electron chi connectivity index (χ4n) is 2.58. The van der Waals surface area contributed by atoms with Crippen molar-refractivity contribution in [2.75, 3.05) is 6.61 Å². The lowest BCUT2D eigenvalue weighted by Crippen LogP contribution is -2.45. The molecule has 1 N–H and O–H groups in total. The monoisotopic (exact) mass is 250 g/mol. The molecule has 0 aromatic carbocycles. The standard InChI is InChI=1S/C12H18N4O2/c1-2-10-14-11-4-3-8(7-16(11)15-10)13-9-5-6-18-12(9)17/h8-9,13H,2-7H2,1H3/t8-,9+/m0/s1. The van der Waals surface area contributed by atoms with Crippen LogP contribution in [0.15, 0.2) is 0 Å². The van der Waals surface area contributed by atoms with Gasteiger partial charge in [-0.1, -0.05) is 6.92 Å². The molecule has 0 spiro atoms. The van der Waals surface area contributed by atoms with Crippen molar-refractivity contribution in [3.8, 4) is 0 Å². The summed E-state index contributed by atoms with van der Waals surface area (Å²) >= 11 is 0. The summed E-state index contributed by atoms with van der Waals surface area (Å²) in [6, 6.07) is 0.158. The molecule has 2 atom stereocenters. The number of nitrogens with zero attached hydrogens (tertiary/aromatic N) is 3. The van der Waals surface area contributed by atoms with Crippen LogP contribution >= 0.6 is 0 Å². The first-order valence-corrected chi connectivity index (χ1v) is 6.61. The summed E-state index contributed by atoms with van der Waals surface area (Å²) in [6.45, 7) is 3.40. The van der Waals surface area contributed by atoms with Gasteiger partial charge in [0.05, 0.1) is 13.2 Å². The van der Waals surface area contributed by atoms with Crippen LogP contribution in [-0.2, 0) is 28.9 Å². The second-order valence-corrected chi connectivity index (χ2v) is 4.89. The van der Waals surface area contributed by atoms with Crippen LogP contribution in [0.1, 0.15) is 31.4 Å². The van der Waals surface area contributed by atoms with Crippen molar-refractivity contribution in [3.05, 3.63) is 11.6 Å². The summed E-state index contributed by atoms with van der Waals surface area (Å²) in [5.41, 5.74) is 0. The molecule has 0 unspecified atom stereocenters. The fraction of sp³-hybridized carbons (Fsp3) is 0.750. The van der Waals surface area contributed by atoms with Gasteiger partial charge < -0.3 is 4.74 Å². The van der Waals surface area contributed by atoms with Gasteiger partial charge in [0, 0.05) is 25.3 Å². The van der Waals surface area contributed by atoms with Crippen molar-refractivity contribution in [1.29, 1.82) is 0 Å². The Morgan fingerprint density at radius 2 is 2.39 bits per heavy atom. The quantitative estimate of drug-likeness (QED) is 0.768. The zero-order chi connectivity index (χ0) is 12.5. The van der Waals surface area contributed by atoms with E-state index in [1.165, 1.54) is 0 Å². The van der Waals surface area contributed by atoms with Crippen LogP contribution in [0.2, 0.25) is 0 Å². The minimum absolute atomic E-state index is 0.117. The van der Waals surface area contributed by atoms with Gasteiger partial charge in [-0.2, -0.15) is 5.10 Å². The summed E-state index contributed by atoms with van der Waals surface area (Å²) in [7, 11) is 0. The first kappa shape index (κ1) is 11.6. The average molecular weight is 250 g/mol. The Labute approximate surface area is 106 Å². The molecule has 6 heteroatoms. The number of nitrogens with one attached hydrogen (secondary N) is 1. The number of rotatable bonds is 3. The maximum atomic E-state index is 11.4. The number of hydrogen-bond acceptors (Lipinski definition) is 5. The molecule has 3 heterocycles. The van der Waals surface area contributed by atoms with Gasteiger partial charge in [-0.05, 0) is 6.42 Å². The molecule has 0 bridgehead atoms. The van der Waals surface area contributed by atoms with E-state index in [9.17, 15) is 4.79 Å². The van der Waals surface area contributed by atoms with E-state index >= 15 is 0 Å². The number of aromatic nitrogens is 3. The van der Waals surface area contributed by atoms with E-state index < -0.39 is 0 Å². The van der Waals surface area contributed by atoms with Crippen molar-refractivity contribution < 1.29 is 9.53 Å². The first-order valence-electron chi connectivity index (χ1n) is 6.61. The van der Waals surface area contributed by atoms with E-state index in [-0.39, 0.29) is 12.0 Å². The zero-order valence-electron chi connectivity index (χ0n) is 10.6. The topological polar surface area (TPSA) is 69.0 Å². The Morgan fingerprint density at radius 3 is 3.11 bits per heavy atom. The molecule has 6 nitrogen and oxygen atoms in total. The smallest absolute Gasteiger partial charge is 0.323 e. The SMILES string of the molecule is CCc1nc2n(n1)C[C@@H](N[C@@H]1CCOC1=O)CC2. The van der Waals surface area contributed by atoms with E-state index in [1.54, 1.807) is 0 Å². The normalized spacial score (nSPS) is 27.1. The lowest BCUT2D eigenvalue weighted by molar-refractivity contribution is -0.139. The molecule has 1 aromatic rings. The Morgan fingerprint density at radius 1 is 1.50 bits per heavy atom. The van der Waals surface area contributed by atoms with Crippen molar-refractivity contribution in [2.45, 2.75) is 51.2 Å². The predicted molar refractivity (Wildman–Crippen MR) is 64.0 cm³/mol. The van der Waals surface area contributed by atoms with Crippen LogP contribution in [-0.4, -0.2) is 39.4 Å².